The van der Waals surface area contributed by atoms with E-state index in [1.807, 2.05) is 6.07 Å². The van der Waals surface area contributed by atoms with Crippen molar-refractivity contribution in [1.82, 2.24) is 24.5 Å². The van der Waals surface area contributed by atoms with Gasteiger partial charge in [-0.1, -0.05) is 0 Å². The molecule has 0 saturated carbocycles. The van der Waals surface area contributed by atoms with Crippen LogP contribution < -0.4 is 10.5 Å². The lowest BCUT2D eigenvalue weighted by atomic mass is 10.1. The minimum Gasteiger partial charge on any atom is -0.481 e. The second-order valence-electron chi connectivity index (χ2n) is 6.30. The molecule has 9 heteroatoms. The van der Waals surface area contributed by atoms with E-state index in [4.69, 9.17) is 10.5 Å². The number of likely N-dealkylation sites (tertiary alicyclic amines) is 1. The molecule has 3 heterocycles. The summed E-state index contributed by atoms with van der Waals surface area (Å²) >= 11 is 0. The number of benzene rings is 1. The van der Waals surface area contributed by atoms with E-state index in [1.165, 1.54) is 6.20 Å². The Morgan fingerprint density at radius 2 is 2.04 bits per heavy atom. The first-order chi connectivity index (χ1) is 12.5. The van der Waals surface area contributed by atoms with Crippen LogP contribution in [0.15, 0.2) is 30.6 Å². The van der Waals surface area contributed by atoms with Crippen LogP contribution in [0.1, 0.15) is 26.8 Å². The predicted molar refractivity (Wildman–Crippen MR) is 93.0 cm³/mol. The van der Waals surface area contributed by atoms with Crippen LogP contribution in [0.4, 0.5) is 0 Å². The number of nitrogens with zero attached hydrogens (tertiary/aromatic N) is 5. The lowest BCUT2D eigenvalue weighted by Crippen LogP contribution is -2.50. The minimum absolute atomic E-state index is 0.0470. The average Bonchev–Trinajstić information content (AvgIpc) is 3.16. The first-order valence-corrected chi connectivity index (χ1v) is 8.12. The van der Waals surface area contributed by atoms with E-state index in [1.54, 1.807) is 46.8 Å². The number of primary amides is 1. The normalized spacial score (nSPS) is 14.5. The molecule has 2 aromatic heterocycles. The summed E-state index contributed by atoms with van der Waals surface area (Å²) in [4.78, 5) is 25.6. The van der Waals surface area contributed by atoms with Gasteiger partial charge in [0.1, 0.15) is 0 Å². The third kappa shape index (κ3) is 2.48. The molecule has 0 aliphatic carbocycles. The number of aromatic nitrogens is 4. The molecule has 134 valence electrons. The van der Waals surface area contributed by atoms with Crippen LogP contribution in [0.25, 0.3) is 10.9 Å². The van der Waals surface area contributed by atoms with Crippen LogP contribution in [0.5, 0.6) is 5.88 Å². The van der Waals surface area contributed by atoms with Crippen LogP contribution in [-0.2, 0) is 7.05 Å². The number of hydrogen-bond acceptors (Lipinski definition) is 5. The van der Waals surface area contributed by atoms with E-state index in [0.29, 0.717) is 35.6 Å². The molecule has 2 amide bonds. The summed E-state index contributed by atoms with van der Waals surface area (Å²) in [5.74, 6) is 0.0876. The Hall–Kier alpha value is -3.36. The maximum absolute atomic E-state index is 12.7. The number of methoxy groups -OCH3 is 1. The monoisotopic (exact) mass is 354 g/mol. The maximum atomic E-state index is 12.7. The van der Waals surface area contributed by atoms with Gasteiger partial charge in [-0.05, 0) is 18.2 Å². The quantitative estimate of drug-likeness (QED) is 0.737. The molecule has 0 atom stereocenters. The van der Waals surface area contributed by atoms with E-state index >= 15 is 0 Å². The summed E-state index contributed by atoms with van der Waals surface area (Å²) < 4.78 is 8.65. The molecule has 1 aromatic carbocycles. The van der Waals surface area contributed by atoms with Gasteiger partial charge in [0, 0.05) is 31.9 Å². The van der Waals surface area contributed by atoms with Crippen molar-refractivity contribution in [3.05, 3.63) is 41.7 Å². The third-order valence-electron chi connectivity index (χ3n) is 4.63. The first kappa shape index (κ1) is 16.1. The molecule has 2 N–H and O–H groups in total. The molecule has 9 nitrogen and oxygen atoms in total. The lowest BCUT2D eigenvalue weighted by Gasteiger charge is -2.39. The van der Waals surface area contributed by atoms with Crippen LogP contribution in [0.2, 0.25) is 0 Å². The van der Waals surface area contributed by atoms with Crippen LogP contribution in [-0.4, -0.2) is 56.5 Å². The third-order valence-corrected chi connectivity index (χ3v) is 4.63. The predicted octanol–water partition coefficient (Wildman–Crippen LogP) is 0.574. The molecule has 1 aliphatic heterocycles. The number of carbonyl (C=O) groups is 2. The minimum atomic E-state index is -0.511. The average molecular weight is 354 g/mol. The van der Waals surface area contributed by atoms with Gasteiger partial charge in [0.25, 0.3) is 11.8 Å². The summed E-state index contributed by atoms with van der Waals surface area (Å²) in [6.07, 6.45) is 3.05. The van der Waals surface area contributed by atoms with Crippen molar-refractivity contribution in [2.75, 3.05) is 20.2 Å². The summed E-state index contributed by atoms with van der Waals surface area (Å²) in [6.45, 7) is 1.06. The second kappa shape index (κ2) is 5.87. The van der Waals surface area contributed by atoms with Crippen LogP contribution in [0.3, 0.4) is 0 Å². The highest BCUT2D eigenvalue weighted by Crippen LogP contribution is 2.28. The molecule has 0 radical (unpaired) electrons. The molecule has 1 fully saturated rings. The Kier molecular flexibility index (Phi) is 3.64. The van der Waals surface area contributed by atoms with Gasteiger partial charge in [0.05, 0.1) is 35.8 Å². The first-order valence-electron chi connectivity index (χ1n) is 8.12. The van der Waals surface area contributed by atoms with Gasteiger partial charge in [-0.15, -0.1) is 0 Å². The van der Waals surface area contributed by atoms with Crippen LogP contribution in [0, 0.1) is 0 Å². The maximum Gasteiger partial charge on any atom is 0.254 e. The van der Waals surface area contributed by atoms with Crippen molar-refractivity contribution < 1.29 is 14.3 Å². The highest BCUT2D eigenvalue weighted by Gasteiger charge is 2.33. The zero-order chi connectivity index (χ0) is 18.4. The van der Waals surface area contributed by atoms with E-state index in [2.05, 4.69) is 10.2 Å². The number of amides is 2. The molecule has 1 saturated heterocycles. The van der Waals surface area contributed by atoms with Crippen molar-refractivity contribution in [2.45, 2.75) is 6.04 Å². The molecular weight excluding hydrogens is 336 g/mol. The van der Waals surface area contributed by atoms with Crippen LogP contribution >= 0.6 is 0 Å². The fourth-order valence-electron chi connectivity index (χ4n) is 3.19. The highest BCUT2D eigenvalue weighted by molar-refractivity contribution is 5.99. The summed E-state index contributed by atoms with van der Waals surface area (Å²) in [5.41, 5.74) is 6.89. The number of carbonyl (C=O) groups excluding carboxylic acids is 2. The zero-order valence-corrected chi connectivity index (χ0v) is 14.4. The van der Waals surface area contributed by atoms with E-state index in [9.17, 15) is 9.59 Å². The number of fused-ring (bicyclic) bond motifs is 1. The Morgan fingerprint density at radius 3 is 2.69 bits per heavy atom. The number of ether oxygens (including phenoxy) is 1. The van der Waals surface area contributed by atoms with Gasteiger partial charge in [-0.3, -0.25) is 14.3 Å². The Morgan fingerprint density at radius 1 is 1.27 bits per heavy atom. The highest BCUT2D eigenvalue weighted by atomic mass is 16.5. The number of nitrogens with two attached hydrogens (primary N) is 1. The van der Waals surface area contributed by atoms with Gasteiger partial charge in [0.2, 0.25) is 5.88 Å². The molecule has 26 heavy (non-hydrogen) atoms. The second-order valence-corrected chi connectivity index (χ2v) is 6.30. The largest absolute Gasteiger partial charge is 0.481 e. The molecular formula is C17H18N6O3. The Labute approximate surface area is 148 Å². The number of rotatable bonds is 4. The fraction of sp³-hybridized carbons (Fsp3) is 0.294. The molecule has 3 aromatic rings. The van der Waals surface area contributed by atoms with Gasteiger partial charge in [0.15, 0.2) is 0 Å². The van der Waals surface area contributed by atoms with E-state index in [-0.39, 0.29) is 11.9 Å². The van der Waals surface area contributed by atoms with Crippen molar-refractivity contribution in [2.24, 2.45) is 12.8 Å². The smallest absolute Gasteiger partial charge is 0.254 e. The van der Waals surface area contributed by atoms with E-state index in [0.717, 1.165) is 5.39 Å². The standard InChI is InChI=1S/C17H18N6O3/c1-21-17(26-2)13-4-3-10(5-14(13)20-21)16(25)22-8-12(9-22)23-7-11(6-19-23)15(18)24/h3-7,12H,8-9H2,1-2H3,(H2,18,24). The summed E-state index contributed by atoms with van der Waals surface area (Å²) in [7, 11) is 3.39. The summed E-state index contributed by atoms with van der Waals surface area (Å²) in [6, 6.07) is 5.44. The van der Waals surface area contributed by atoms with Gasteiger partial charge >= 0.3 is 0 Å². The molecule has 0 spiro atoms. The molecule has 0 unspecified atom stereocenters. The zero-order valence-electron chi connectivity index (χ0n) is 14.4. The molecule has 4 rings (SSSR count). The Bertz CT molecular complexity index is 1010. The summed E-state index contributed by atoms with van der Waals surface area (Å²) in [5, 5.41) is 9.38. The van der Waals surface area contributed by atoms with Crippen molar-refractivity contribution in [1.29, 1.82) is 0 Å². The number of aryl methyl sites for hydroxylation is 1. The lowest BCUT2D eigenvalue weighted by molar-refractivity contribution is 0.0501. The SMILES string of the molecule is COc1c2ccc(C(=O)N3CC(n4cc(C(N)=O)cn4)C3)cc2nn1C. The van der Waals surface area contributed by atoms with Gasteiger partial charge in [-0.25, -0.2) is 4.68 Å². The Balaban J connectivity index is 1.48. The molecule has 1 aliphatic rings. The number of hydrogen-bond donors (Lipinski definition) is 1. The van der Waals surface area contributed by atoms with Crippen molar-refractivity contribution in [3.63, 3.8) is 0 Å². The topological polar surface area (TPSA) is 108 Å². The van der Waals surface area contributed by atoms with Gasteiger partial charge in [-0.2, -0.15) is 10.2 Å². The van der Waals surface area contributed by atoms with Crippen molar-refractivity contribution in [3.8, 4) is 5.88 Å². The van der Waals surface area contributed by atoms with Crippen molar-refractivity contribution >= 4 is 22.7 Å². The fourth-order valence-corrected chi connectivity index (χ4v) is 3.19. The van der Waals surface area contributed by atoms with E-state index < -0.39 is 5.91 Å². The molecule has 0 bridgehead atoms. The van der Waals surface area contributed by atoms with Gasteiger partial charge < -0.3 is 15.4 Å².